The number of thiophene rings is 1. The number of rotatable bonds is 3. The van der Waals surface area contributed by atoms with Crippen LogP contribution in [-0.4, -0.2) is 15.8 Å². The van der Waals surface area contributed by atoms with Gasteiger partial charge in [-0.05, 0) is 36.8 Å². The van der Waals surface area contributed by atoms with Gasteiger partial charge in [-0.2, -0.15) is 0 Å². The Morgan fingerprint density at radius 1 is 1.25 bits per heavy atom. The summed E-state index contributed by atoms with van der Waals surface area (Å²) < 4.78 is 0. The molecular formula is C19H13ClN4O3S. The molecule has 4 aromatic rings. The van der Waals surface area contributed by atoms with Crippen LogP contribution in [-0.2, 0) is 0 Å². The number of anilines is 2. The molecule has 2 aromatic carbocycles. The third-order valence-corrected chi connectivity index (χ3v) is 5.71. The van der Waals surface area contributed by atoms with E-state index < -0.39 is 10.8 Å². The summed E-state index contributed by atoms with van der Waals surface area (Å²) >= 11 is 6.98. The smallest absolute Gasteiger partial charge is 0.289 e. The number of carbonyl (C=O) groups is 1. The Labute approximate surface area is 167 Å². The van der Waals surface area contributed by atoms with Gasteiger partial charge in [0.1, 0.15) is 14.7 Å². The first kappa shape index (κ1) is 18.1. The fourth-order valence-electron chi connectivity index (χ4n) is 2.89. The van der Waals surface area contributed by atoms with Crippen LogP contribution >= 0.6 is 22.9 Å². The highest BCUT2D eigenvalue weighted by Crippen LogP contribution is 2.35. The fraction of sp³-hybridized carbons (Fsp3) is 0.0526. The number of carbonyl (C=O) groups excluding carboxylic acids is 1. The molecule has 1 amide bonds. The van der Waals surface area contributed by atoms with Crippen molar-refractivity contribution in [1.82, 2.24) is 4.98 Å². The Balaban J connectivity index is 1.73. The minimum atomic E-state index is -0.608. The third-order valence-electron chi connectivity index (χ3n) is 4.28. The third kappa shape index (κ3) is 3.12. The number of hydrogen-bond donors (Lipinski definition) is 2. The van der Waals surface area contributed by atoms with Gasteiger partial charge in [0.2, 0.25) is 0 Å². The molecule has 9 heteroatoms. The van der Waals surface area contributed by atoms with Gasteiger partial charge < -0.3 is 11.1 Å². The van der Waals surface area contributed by atoms with Crippen molar-refractivity contribution in [3.63, 3.8) is 0 Å². The summed E-state index contributed by atoms with van der Waals surface area (Å²) in [5.74, 6) is -0.461. The van der Waals surface area contributed by atoms with E-state index in [1.54, 1.807) is 0 Å². The lowest BCUT2D eigenvalue weighted by Crippen LogP contribution is -2.12. The number of pyridine rings is 1. The van der Waals surface area contributed by atoms with E-state index in [0.717, 1.165) is 16.5 Å². The van der Waals surface area contributed by atoms with Gasteiger partial charge >= 0.3 is 0 Å². The lowest BCUT2D eigenvalue weighted by Gasteiger charge is -2.05. The van der Waals surface area contributed by atoms with Crippen molar-refractivity contribution in [2.45, 2.75) is 6.92 Å². The quantitative estimate of drug-likeness (QED) is 0.357. The number of amides is 1. The van der Waals surface area contributed by atoms with Crippen LogP contribution in [0.3, 0.4) is 0 Å². The number of aryl methyl sites for hydroxylation is 1. The summed E-state index contributed by atoms with van der Waals surface area (Å²) in [7, 11) is 0. The minimum Gasteiger partial charge on any atom is -0.397 e. The molecule has 3 N–H and O–H groups in total. The van der Waals surface area contributed by atoms with Crippen LogP contribution in [0, 0.1) is 17.0 Å². The van der Waals surface area contributed by atoms with Gasteiger partial charge in [-0.3, -0.25) is 14.9 Å². The minimum absolute atomic E-state index is 0.00411. The second kappa shape index (κ2) is 6.74. The summed E-state index contributed by atoms with van der Waals surface area (Å²) in [4.78, 5) is 28.7. The Bertz CT molecular complexity index is 1290. The molecule has 2 aromatic heterocycles. The fourth-order valence-corrected chi connectivity index (χ4v) is 4.06. The van der Waals surface area contributed by atoms with Crippen molar-refractivity contribution in [2.75, 3.05) is 11.1 Å². The molecule has 0 aliphatic heterocycles. The van der Waals surface area contributed by atoms with Gasteiger partial charge in [-0.1, -0.05) is 23.7 Å². The zero-order chi connectivity index (χ0) is 20.0. The molecule has 2 heterocycles. The maximum absolute atomic E-state index is 12.7. The first-order valence-corrected chi connectivity index (χ1v) is 9.37. The molecule has 4 rings (SSSR count). The number of nitrogen functional groups attached to an aromatic ring is 1. The first-order valence-electron chi connectivity index (χ1n) is 8.18. The van der Waals surface area contributed by atoms with E-state index in [1.165, 1.54) is 29.5 Å². The number of nitro benzene ring substituents is 1. The molecular weight excluding hydrogens is 400 g/mol. The normalized spacial score (nSPS) is 11.1. The predicted octanol–water partition coefficient (Wildman–Crippen LogP) is 5.15. The van der Waals surface area contributed by atoms with E-state index >= 15 is 0 Å². The van der Waals surface area contributed by atoms with E-state index in [-0.39, 0.29) is 16.4 Å². The number of nitro groups is 1. The molecule has 0 aliphatic carbocycles. The van der Waals surface area contributed by atoms with Crippen molar-refractivity contribution in [1.29, 1.82) is 0 Å². The average molecular weight is 413 g/mol. The molecule has 0 radical (unpaired) electrons. The van der Waals surface area contributed by atoms with Gasteiger partial charge in [-0.15, -0.1) is 11.3 Å². The molecule has 0 unspecified atom stereocenters. The van der Waals surface area contributed by atoms with Crippen LogP contribution < -0.4 is 11.1 Å². The summed E-state index contributed by atoms with van der Waals surface area (Å²) in [6.07, 6.45) is 0. The van der Waals surface area contributed by atoms with E-state index in [0.29, 0.717) is 20.8 Å². The number of aromatic nitrogens is 1. The number of nitrogens with one attached hydrogen (secondary N) is 1. The zero-order valence-electron chi connectivity index (χ0n) is 14.5. The highest BCUT2D eigenvalue weighted by Gasteiger charge is 2.20. The van der Waals surface area contributed by atoms with E-state index in [2.05, 4.69) is 10.3 Å². The number of benzene rings is 2. The molecule has 0 atom stereocenters. The Morgan fingerprint density at radius 3 is 2.79 bits per heavy atom. The zero-order valence-corrected chi connectivity index (χ0v) is 16.1. The van der Waals surface area contributed by atoms with E-state index in [4.69, 9.17) is 17.3 Å². The molecule has 0 bridgehead atoms. The average Bonchev–Trinajstić information content (AvgIpc) is 2.97. The largest absolute Gasteiger partial charge is 0.397 e. The van der Waals surface area contributed by atoms with Crippen molar-refractivity contribution < 1.29 is 9.72 Å². The van der Waals surface area contributed by atoms with Gasteiger partial charge in [-0.25, -0.2) is 4.98 Å². The van der Waals surface area contributed by atoms with Gasteiger partial charge in [0, 0.05) is 22.5 Å². The number of halogens is 1. The SMILES string of the molecule is Cc1ccc2cc3c(N)c(C(=O)Nc4ccc(Cl)c([N+](=O)[O-])c4)sc3nc2c1. The van der Waals surface area contributed by atoms with E-state index in [1.807, 2.05) is 31.2 Å². The van der Waals surface area contributed by atoms with Crippen LogP contribution in [0.1, 0.15) is 15.2 Å². The second-order valence-corrected chi connectivity index (χ2v) is 7.67. The maximum atomic E-state index is 12.7. The van der Waals surface area contributed by atoms with Crippen LogP contribution in [0.2, 0.25) is 5.02 Å². The van der Waals surface area contributed by atoms with Crippen molar-refractivity contribution in [3.05, 3.63) is 68.0 Å². The molecule has 0 fully saturated rings. The molecule has 7 nitrogen and oxygen atoms in total. The van der Waals surface area contributed by atoms with Crippen molar-refractivity contribution >= 4 is 67.0 Å². The standard InChI is InChI=1S/C19H13ClN4O3S/c1-9-2-3-10-7-12-16(21)17(28-19(12)23-14(10)6-9)18(25)22-11-4-5-13(20)15(8-11)24(26)27/h2-8H,21H2,1H3,(H,22,25). The highest BCUT2D eigenvalue weighted by atomic mass is 35.5. The molecule has 0 saturated heterocycles. The first-order chi connectivity index (χ1) is 13.3. The lowest BCUT2D eigenvalue weighted by molar-refractivity contribution is -0.384. The molecule has 28 heavy (non-hydrogen) atoms. The Morgan fingerprint density at radius 2 is 2.04 bits per heavy atom. The Kier molecular flexibility index (Phi) is 4.37. The maximum Gasteiger partial charge on any atom is 0.289 e. The van der Waals surface area contributed by atoms with Crippen molar-refractivity contribution in [2.24, 2.45) is 0 Å². The summed E-state index contributed by atoms with van der Waals surface area (Å²) in [5, 5.41) is 15.3. The van der Waals surface area contributed by atoms with Gasteiger partial charge in [0.15, 0.2) is 0 Å². The predicted molar refractivity (Wildman–Crippen MR) is 112 cm³/mol. The molecule has 0 spiro atoms. The Hall–Kier alpha value is -3.23. The van der Waals surface area contributed by atoms with Crippen LogP contribution in [0.5, 0.6) is 0 Å². The monoisotopic (exact) mass is 412 g/mol. The number of hydrogen-bond acceptors (Lipinski definition) is 6. The number of nitrogens with zero attached hydrogens (tertiary/aromatic N) is 2. The molecule has 0 aliphatic rings. The van der Waals surface area contributed by atoms with Gasteiger partial charge in [0.05, 0.1) is 16.1 Å². The summed E-state index contributed by atoms with van der Waals surface area (Å²) in [6, 6.07) is 11.9. The second-order valence-electron chi connectivity index (χ2n) is 6.26. The number of fused-ring (bicyclic) bond motifs is 2. The van der Waals surface area contributed by atoms with Gasteiger partial charge in [0.25, 0.3) is 11.6 Å². The topological polar surface area (TPSA) is 111 Å². The number of nitrogens with two attached hydrogens (primary N) is 1. The van der Waals surface area contributed by atoms with Crippen LogP contribution in [0.15, 0.2) is 42.5 Å². The van der Waals surface area contributed by atoms with Crippen LogP contribution in [0.4, 0.5) is 17.1 Å². The molecule has 140 valence electrons. The van der Waals surface area contributed by atoms with Crippen molar-refractivity contribution in [3.8, 4) is 0 Å². The lowest BCUT2D eigenvalue weighted by atomic mass is 10.1. The highest BCUT2D eigenvalue weighted by molar-refractivity contribution is 7.21. The summed E-state index contributed by atoms with van der Waals surface area (Å²) in [6.45, 7) is 1.98. The molecule has 0 saturated carbocycles. The van der Waals surface area contributed by atoms with E-state index in [9.17, 15) is 14.9 Å². The van der Waals surface area contributed by atoms with Crippen LogP contribution in [0.25, 0.3) is 21.1 Å². The summed E-state index contributed by atoms with van der Waals surface area (Å²) in [5.41, 5.74) is 8.41.